The Bertz CT molecular complexity index is 1050. The number of H-pyrrole nitrogens is 1. The Kier molecular flexibility index (Phi) is 4.07. The van der Waals surface area contributed by atoms with E-state index < -0.39 is 0 Å². The molecule has 0 fully saturated rings. The van der Waals surface area contributed by atoms with Crippen LogP contribution in [0.2, 0.25) is 0 Å². The summed E-state index contributed by atoms with van der Waals surface area (Å²) in [5.74, 6) is 0.641. The maximum absolute atomic E-state index is 12.7. The Morgan fingerprint density at radius 1 is 1.04 bits per heavy atom. The van der Waals surface area contributed by atoms with Crippen LogP contribution in [-0.2, 0) is 0 Å². The number of anilines is 1. The van der Waals surface area contributed by atoms with Gasteiger partial charge in [0.15, 0.2) is 0 Å². The molecule has 4 aromatic rings. The molecule has 0 aliphatic rings. The second-order valence-electron chi connectivity index (χ2n) is 5.88. The van der Waals surface area contributed by atoms with E-state index in [1.807, 2.05) is 73.0 Å². The van der Waals surface area contributed by atoms with E-state index >= 15 is 0 Å². The van der Waals surface area contributed by atoms with Crippen molar-refractivity contribution in [3.8, 4) is 11.1 Å². The minimum atomic E-state index is -0.0956. The number of nitrogens with one attached hydrogen (secondary N) is 2. The molecule has 0 radical (unpaired) electrons. The second-order valence-corrected chi connectivity index (χ2v) is 6.74. The van der Waals surface area contributed by atoms with Crippen molar-refractivity contribution < 1.29 is 0 Å². The number of thiophene rings is 1. The van der Waals surface area contributed by atoms with E-state index in [0.29, 0.717) is 11.2 Å². The lowest BCUT2D eigenvalue weighted by molar-refractivity contribution is 0.793. The monoisotopic (exact) mass is 347 g/mol. The first-order valence-corrected chi connectivity index (χ1v) is 8.99. The molecule has 5 heteroatoms. The lowest BCUT2D eigenvalue weighted by atomic mass is 10.1. The molecule has 2 aromatic carbocycles. The Morgan fingerprint density at radius 3 is 2.44 bits per heavy atom. The van der Waals surface area contributed by atoms with E-state index in [1.165, 1.54) is 11.3 Å². The maximum atomic E-state index is 12.7. The average molecular weight is 347 g/mol. The number of nitrogens with zero attached hydrogens (tertiary/aromatic N) is 1. The molecule has 0 bridgehead atoms. The average Bonchev–Trinajstić information content (AvgIpc) is 3.08. The maximum Gasteiger partial charge on any atom is 0.260 e. The summed E-state index contributed by atoms with van der Waals surface area (Å²) in [4.78, 5) is 21.1. The van der Waals surface area contributed by atoms with Gasteiger partial charge in [0.1, 0.15) is 10.7 Å². The third kappa shape index (κ3) is 3.06. The van der Waals surface area contributed by atoms with Crippen LogP contribution >= 0.6 is 11.3 Å². The van der Waals surface area contributed by atoms with Crippen LogP contribution in [0.5, 0.6) is 0 Å². The predicted molar refractivity (Wildman–Crippen MR) is 104 cm³/mol. The van der Waals surface area contributed by atoms with Crippen molar-refractivity contribution in [2.24, 2.45) is 0 Å². The summed E-state index contributed by atoms with van der Waals surface area (Å²) in [5.41, 5.74) is 2.87. The molecule has 1 unspecified atom stereocenters. The van der Waals surface area contributed by atoms with Gasteiger partial charge in [-0.25, -0.2) is 4.98 Å². The van der Waals surface area contributed by atoms with Gasteiger partial charge in [-0.2, -0.15) is 0 Å². The summed E-state index contributed by atoms with van der Waals surface area (Å²) in [7, 11) is 0. The molecular formula is C20H17N3OS. The molecule has 4 rings (SSSR count). The van der Waals surface area contributed by atoms with Gasteiger partial charge in [0.2, 0.25) is 0 Å². The second kappa shape index (κ2) is 6.53. The van der Waals surface area contributed by atoms with E-state index in [2.05, 4.69) is 15.3 Å². The van der Waals surface area contributed by atoms with Crippen molar-refractivity contribution in [1.82, 2.24) is 9.97 Å². The highest BCUT2D eigenvalue weighted by atomic mass is 32.1. The normalized spacial score (nSPS) is 12.2. The highest BCUT2D eigenvalue weighted by molar-refractivity contribution is 7.17. The van der Waals surface area contributed by atoms with Gasteiger partial charge in [0.25, 0.3) is 5.56 Å². The van der Waals surface area contributed by atoms with E-state index in [9.17, 15) is 4.79 Å². The first-order valence-electron chi connectivity index (χ1n) is 8.11. The zero-order valence-corrected chi connectivity index (χ0v) is 14.5. The lowest BCUT2D eigenvalue weighted by Gasteiger charge is -2.14. The highest BCUT2D eigenvalue weighted by Gasteiger charge is 2.15. The van der Waals surface area contributed by atoms with Crippen molar-refractivity contribution in [3.63, 3.8) is 0 Å². The molecule has 0 saturated carbocycles. The number of rotatable bonds is 4. The van der Waals surface area contributed by atoms with Crippen LogP contribution < -0.4 is 10.9 Å². The van der Waals surface area contributed by atoms with Crippen molar-refractivity contribution in [3.05, 3.63) is 82.2 Å². The molecule has 0 aliphatic heterocycles. The van der Waals surface area contributed by atoms with E-state index in [-0.39, 0.29) is 11.6 Å². The molecule has 2 heterocycles. The predicted octanol–water partition coefficient (Wildman–Crippen LogP) is 4.82. The molecule has 25 heavy (non-hydrogen) atoms. The van der Waals surface area contributed by atoms with Gasteiger partial charge >= 0.3 is 0 Å². The van der Waals surface area contributed by atoms with Crippen LogP contribution in [0.25, 0.3) is 21.3 Å². The van der Waals surface area contributed by atoms with Crippen LogP contribution in [0, 0.1) is 0 Å². The fourth-order valence-corrected chi connectivity index (χ4v) is 3.81. The van der Waals surface area contributed by atoms with Crippen LogP contribution in [0.15, 0.2) is 70.8 Å². The van der Waals surface area contributed by atoms with Gasteiger partial charge in [-0.3, -0.25) is 4.79 Å². The molecule has 1 atom stereocenters. The van der Waals surface area contributed by atoms with E-state index in [4.69, 9.17) is 0 Å². The molecule has 124 valence electrons. The minimum absolute atomic E-state index is 0.0955. The molecule has 2 aromatic heterocycles. The van der Waals surface area contributed by atoms with Crippen molar-refractivity contribution in [2.75, 3.05) is 5.32 Å². The summed E-state index contributed by atoms with van der Waals surface area (Å²) in [6.45, 7) is 1.99. The number of fused-ring (bicyclic) bond motifs is 1. The first kappa shape index (κ1) is 15.6. The molecule has 2 N–H and O–H groups in total. The van der Waals surface area contributed by atoms with E-state index in [0.717, 1.165) is 21.6 Å². The number of hydrogen-bond acceptors (Lipinski definition) is 4. The van der Waals surface area contributed by atoms with Crippen LogP contribution in [0.3, 0.4) is 0 Å². The SMILES string of the molecule is CC(Nc1ccccc1)c1nc2scc(-c3ccccc3)c2c(=O)[nH]1. The summed E-state index contributed by atoms with van der Waals surface area (Å²) in [6.07, 6.45) is 0. The van der Waals surface area contributed by atoms with Gasteiger partial charge in [-0.1, -0.05) is 48.5 Å². The van der Waals surface area contributed by atoms with Gasteiger partial charge in [-0.05, 0) is 24.6 Å². The van der Waals surface area contributed by atoms with E-state index in [1.54, 1.807) is 0 Å². The van der Waals surface area contributed by atoms with Crippen molar-refractivity contribution in [1.29, 1.82) is 0 Å². The number of hydrogen-bond donors (Lipinski definition) is 2. The number of aromatic nitrogens is 2. The van der Waals surface area contributed by atoms with Crippen LogP contribution in [-0.4, -0.2) is 9.97 Å². The fraction of sp³-hybridized carbons (Fsp3) is 0.100. The first-order chi connectivity index (χ1) is 12.2. The zero-order chi connectivity index (χ0) is 17.2. The Labute approximate surface area is 149 Å². The summed E-state index contributed by atoms with van der Waals surface area (Å²) in [5, 5.41) is 6.02. The molecule has 0 aliphatic carbocycles. The van der Waals surface area contributed by atoms with Gasteiger partial charge < -0.3 is 10.3 Å². The van der Waals surface area contributed by atoms with Gasteiger partial charge in [0, 0.05) is 16.6 Å². The Hall–Kier alpha value is -2.92. The lowest BCUT2D eigenvalue weighted by Crippen LogP contribution is -2.17. The van der Waals surface area contributed by atoms with Crippen LogP contribution in [0.4, 0.5) is 5.69 Å². The van der Waals surface area contributed by atoms with Gasteiger partial charge in [0.05, 0.1) is 11.4 Å². The quantitative estimate of drug-likeness (QED) is 0.556. The summed E-state index contributed by atoms with van der Waals surface area (Å²) < 4.78 is 0. The van der Waals surface area contributed by atoms with Crippen molar-refractivity contribution in [2.45, 2.75) is 13.0 Å². The minimum Gasteiger partial charge on any atom is -0.375 e. The summed E-state index contributed by atoms with van der Waals surface area (Å²) in [6, 6.07) is 19.7. The molecule has 4 nitrogen and oxygen atoms in total. The number of benzene rings is 2. The van der Waals surface area contributed by atoms with Crippen LogP contribution in [0.1, 0.15) is 18.8 Å². The summed E-state index contributed by atoms with van der Waals surface area (Å²) >= 11 is 1.50. The molecular weight excluding hydrogens is 330 g/mol. The number of para-hydroxylation sites is 1. The standard InChI is InChI=1S/C20H17N3OS/c1-13(21-15-10-6-3-7-11-15)18-22-19(24)17-16(12-25-20(17)23-18)14-8-4-2-5-9-14/h2-13,21H,1H3,(H,22,23,24). The fourth-order valence-electron chi connectivity index (χ4n) is 2.85. The Morgan fingerprint density at radius 2 is 1.72 bits per heavy atom. The molecule has 0 saturated heterocycles. The molecule has 0 spiro atoms. The number of aromatic amines is 1. The third-order valence-corrected chi connectivity index (χ3v) is 4.99. The smallest absolute Gasteiger partial charge is 0.260 e. The zero-order valence-electron chi connectivity index (χ0n) is 13.7. The largest absolute Gasteiger partial charge is 0.375 e. The third-order valence-electron chi connectivity index (χ3n) is 4.11. The molecule has 0 amide bonds. The van der Waals surface area contributed by atoms with Crippen molar-refractivity contribution >= 4 is 27.2 Å². The topological polar surface area (TPSA) is 57.8 Å². The highest BCUT2D eigenvalue weighted by Crippen LogP contribution is 2.31. The van der Waals surface area contributed by atoms with Gasteiger partial charge in [-0.15, -0.1) is 11.3 Å². The Balaban J connectivity index is 1.73.